The molecule has 96 valence electrons. The molecular weight excluding hydrogens is 245 g/mol. The van der Waals surface area contributed by atoms with Gasteiger partial charge in [-0.25, -0.2) is 4.39 Å². The first-order valence-corrected chi connectivity index (χ1v) is 6.92. The van der Waals surface area contributed by atoms with E-state index in [4.69, 9.17) is 0 Å². The Morgan fingerprint density at radius 3 is 2.67 bits per heavy atom. The molecule has 3 heteroatoms. The Labute approximate surface area is 112 Å². The first-order chi connectivity index (χ1) is 8.56. The fourth-order valence-electron chi connectivity index (χ4n) is 2.11. The summed E-state index contributed by atoms with van der Waals surface area (Å²) >= 11 is 1.82. The summed E-state index contributed by atoms with van der Waals surface area (Å²) < 4.78 is 13.1. The number of nitrogens with one attached hydrogen (secondary N) is 1. The van der Waals surface area contributed by atoms with Gasteiger partial charge in [-0.1, -0.05) is 12.1 Å². The summed E-state index contributed by atoms with van der Waals surface area (Å²) in [7, 11) is 0. The van der Waals surface area contributed by atoms with Crippen molar-refractivity contribution in [3.8, 4) is 0 Å². The molecule has 1 atom stereocenters. The molecule has 0 spiro atoms. The molecule has 2 rings (SSSR count). The average molecular weight is 263 g/mol. The van der Waals surface area contributed by atoms with Crippen LogP contribution in [0.3, 0.4) is 0 Å². The van der Waals surface area contributed by atoms with Crippen molar-refractivity contribution in [3.05, 3.63) is 57.0 Å². The SMILES string of the molecule is Cc1cc([C@H](C)NCc2cccc(F)c2)c(C)s1. The molecule has 0 radical (unpaired) electrons. The van der Waals surface area contributed by atoms with Crippen molar-refractivity contribution in [1.29, 1.82) is 0 Å². The molecule has 0 unspecified atom stereocenters. The Kier molecular flexibility index (Phi) is 4.15. The van der Waals surface area contributed by atoms with Gasteiger partial charge < -0.3 is 5.32 Å². The number of aryl methyl sites for hydroxylation is 2. The van der Waals surface area contributed by atoms with Crippen molar-refractivity contribution in [3.63, 3.8) is 0 Å². The van der Waals surface area contributed by atoms with Crippen LogP contribution in [0, 0.1) is 19.7 Å². The Bertz CT molecular complexity index is 533. The number of thiophene rings is 1. The minimum absolute atomic E-state index is 0.176. The van der Waals surface area contributed by atoms with Crippen molar-refractivity contribution in [2.24, 2.45) is 0 Å². The lowest BCUT2D eigenvalue weighted by Gasteiger charge is -2.14. The largest absolute Gasteiger partial charge is 0.306 e. The maximum Gasteiger partial charge on any atom is 0.123 e. The number of hydrogen-bond acceptors (Lipinski definition) is 2. The van der Waals surface area contributed by atoms with E-state index < -0.39 is 0 Å². The molecule has 0 fully saturated rings. The number of halogens is 1. The van der Waals surface area contributed by atoms with Crippen LogP contribution in [-0.2, 0) is 6.54 Å². The summed E-state index contributed by atoms with van der Waals surface area (Å²) in [6.07, 6.45) is 0. The third-order valence-corrected chi connectivity index (χ3v) is 4.03. The highest BCUT2D eigenvalue weighted by atomic mass is 32.1. The first-order valence-electron chi connectivity index (χ1n) is 6.11. The highest BCUT2D eigenvalue weighted by Crippen LogP contribution is 2.26. The monoisotopic (exact) mass is 263 g/mol. The number of benzene rings is 1. The van der Waals surface area contributed by atoms with Crippen LogP contribution in [0.2, 0.25) is 0 Å². The van der Waals surface area contributed by atoms with Gasteiger partial charge in [0.15, 0.2) is 0 Å². The standard InChI is InChI=1S/C15H18FNS/c1-10-7-15(12(3)18-10)11(2)17-9-13-5-4-6-14(16)8-13/h4-8,11,17H,9H2,1-3H3/t11-/m0/s1. The fourth-order valence-corrected chi connectivity index (χ4v) is 3.13. The van der Waals surface area contributed by atoms with Crippen molar-refractivity contribution < 1.29 is 4.39 Å². The van der Waals surface area contributed by atoms with Crippen LogP contribution >= 0.6 is 11.3 Å². The molecule has 2 aromatic rings. The second kappa shape index (κ2) is 5.63. The van der Waals surface area contributed by atoms with E-state index in [0.29, 0.717) is 12.6 Å². The van der Waals surface area contributed by atoms with E-state index in [2.05, 4.69) is 32.2 Å². The second-order valence-electron chi connectivity index (χ2n) is 4.60. The van der Waals surface area contributed by atoms with Gasteiger partial charge in [0.1, 0.15) is 5.82 Å². The smallest absolute Gasteiger partial charge is 0.123 e. The van der Waals surface area contributed by atoms with Crippen LogP contribution in [-0.4, -0.2) is 0 Å². The molecule has 0 saturated carbocycles. The molecule has 0 aliphatic carbocycles. The summed E-state index contributed by atoms with van der Waals surface area (Å²) in [4.78, 5) is 2.69. The Hall–Kier alpha value is -1.19. The number of hydrogen-bond donors (Lipinski definition) is 1. The van der Waals surface area contributed by atoms with Crippen molar-refractivity contribution in [2.75, 3.05) is 0 Å². The van der Waals surface area contributed by atoms with Gasteiger partial charge in [0, 0.05) is 22.3 Å². The predicted octanol–water partition coefficient (Wildman–Crippen LogP) is 4.35. The van der Waals surface area contributed by atoms with Crippen LogP contribution in [0.25, 0.3) is 0 Å². The lowest BCUT2D eigenvalue weighted by molar-refractivity contribution is 0.568. The topological polar surface area (TPSA) is 12.0 Å². The minimum Gasteiger partial charge on any atom is -0.306 e. The molecule has 18 heavy (non-hydrogen) atoms. The molecule has 1 nitrogen and oxygen atoms in total. The van der Waals surface area contributed by atoms with Gasteiger partial charge >= 0.3 is 0 Å². The average Bonchev–Trinajstić information content (AvgIpc) is 2.66. The van der Waals surface area contributed by atoms with Crippen molar-refractivity contribution >= 4 is 11.3 Å². The summed E-state index contributed by atoms with van der Waals surface area (Å²) in [5, 5.41) is 3.44. The minimum atomic E-state index is -0.176. The zero-order valence-corrected chi connectivity index (χ0v) is 11.8. The normalized spacial score (nSPS) is 12.7. The van der Waals surface area contributed by atoms with Crippen LogP contribution in [0.1, 0.15) is 33.8 Å². The van der Waals surface area contributed by atoms with Crippen molar-refractivity contribution in [2.45, 2.75) is 33.4 Å². The van der Waals surface area contributed by atoms with Gasteiger partial charge in [0.2, 0.25) is 0 Å². The van der Waals surface area contributed by atoms with Crippen LogP contribution in [0.4, 0.5) is 4.39 Å². The maximum atomic E-state index is 13.1. The van der Waals surface area contributed by atoms with Gasteiger partial charge in [0.05, 0.1) is 0 Å². The molecule has 0 aliphatic heterocycles. The van der Waals surface area contributed by atoms with E-state index in [1.165, 1.54) is 21.4 Å². The van der Waals surface area contributed by atoms with Crippen LogP contribution in [0.15, 0.2) is 30.3 Å². The summed E-state index contributed by atoms with van der Waals surface area (Å²) in [6.45, 7) is 7.11. The highest BCUT2D eigenvalue weighted by Gasteiger charge is 2.10. The third-order valence-electron chi connectivity index (χ3n) is 3.05. The van der Waals surface area contributed by atoms with Crippen LogP contribution in [0.5, 0.6) is 0 Å². The molecule has 0 saturated heterocycles. The molecule has 1 aromatic heterocycles. The van der Waals surface area contributed by atoms with Gasteiger partial charge in [-0.3, -0.25) is 0 Å². The maximum absolute atomic E-state index is 13.1. The zero-order valence-electron chi connectivity index (χ0n) is 11.0. The van der Waals surface area contributed by atoms with Gasteiger partial charge in [-0.2, -0.15) is 0 Å². The summed E-state index contributed by atoms with van der Waals surface area (Å²) in [5.74, 6) is -0.176. The van der Waals surface area contributed by atoms with Gasteiger partial charge in [-0.15, -0.1) is 11.3 Å². The Balaban J connectivity index is 2.00. The van der Waals surface area contributed by atoms with Gasteiger partial charge in [0.25, 0.3) is 0 Å². The molecule has 1 heterocycles. The molecule has 1 N–H and O–H groups in total. The lowest BCUT2D eigenvalue weighted by Crippen LogP contribution is -2.18. The third kappa shape index (κ3) is 3.18. The Morgan fingerprint density at radius 2 is 2.06 bits per heavy atom. The van der Waals surface area contributed by atoms with E-state index in [9.17, 15) is 4.39 Å². The van der Waals surface area contributed by atoms with Gasteiger partial charge in [-0.05, 0) is 50.1 Å². The molecule has 0 aliphatic rings. The second-order valence-corrected chi connectivity index (χ2v) is 6.06. The quantitative estimate of drug-likeness (QED) is 0.864. The van der Waals surface area contributed by atoms with Crippen molar-refractivity contribution in [1.82, 2.24) is 5.32 Å². The zero-order chi connectivity index (χ0) is 13.1. The van der Waals surface area contributed by atoms with E-state index >= 15 is 0 Å². The molecule has 0 amide bonds. The molecule has 1 aromatic carbocycles. The summed E-state index contributed by atoms with van der Waals surface area (Å²) in [5.41, 5.74) is 2.32. The van der Waals surface area contributed by atoms with E-state index in [0.717, 1.165) is 5.56 Å². The Morgan fingerprint density at radius 1 is 1.28 bits per heavy atom. The molecular formula is C15H18FNS. The predicted molar refractivity (Wildman–Crippen MR) is 75.4 cm³/mol. The fraction of sp³-hybridized carbons (Fsp3) is 0.333. The van der Waals surface area contributed by atoms with Crippen LogP contribution < -0.4 is 5.32 Å². The lowest BCUT2D eigenvalue weighted by atomic mass is 10.1. The first kappa shape index (κ1) is 13.2. The van der Waals surface area contributed by atoms with E-state index in [-0.39, 0.29) is 5.82 Å². The van der Waals surface area contributed by atoms with E-state index in [1.54, 1.807) is 12.1 Å². The van der Waals surface area contributed by atoms with E-state index in [1.807, 2.05) is 17.4 Å². The number of rotatable bonds is 4. The molecule has 0 bridgehead atoms. The summed E-state index contributed by atoms with van der Waals surface area (Å²) in [6, 6.07) is 9.25. The highest BCUT2D eigenvalue weighted by molar-refractivity contribution is 7.12.